The van der Waals surface area contributed by atoms with Crippen LogP contribution in [0.25, 0.3) is 0 Å². The van der Waals surface area contributed by atoms with Crippen molar-refractivity contribution in [2.24, 2.45) is 29.6 Å². The SMILES string of the molecule is CC(=O)C1CCC(C(=O)Oc2ccccc2)CC1.CC(=O)Oc1ccccc1.COC(=O)C1CCC(C(=O)OC2COC3C(OC(=O)OC4COC5C(C)COC45)COC23)CC1.OC1COC2C(O)COC12.Oc1ccccc1. The number of fused-ring (bicyclic) bond motifs is 3. The van der Waals surface area contributed by atoms with Gasteiger partial charge in [-0.05, 0) is 94.7 Å². The minimum Gasteiger partial charge on any atom is -0.508 e. The molecule has 3 aromatic carbocycles. The first-order valence-corrected chi connectivity index (χ1v) is 27.0. The summed E-state index contributed by atoms with van der Waals surface area (Å²) in [4.78, 5) is 70.3. The normalized spacial score (nSPS) is 32.5. The number of rotatable bonds is 9. The number of phenolic OH excluding ortho intramolecular Hbond substituents is 1. The minimum absolute atomic E-state index is 0.0548. The van der Waals surface area contributed by atoms with Crippen molar-refractivity contribution in [3.63, 3.8) is 0 Å². The molecule has 2 aliphatic carbocycles. The monoisotopic (exact) mass is 1110 g/mol. The van der Waals surface area contributed by atoms with Gasteiger partial charge in [-0.3, -0.25) is 24.0 Å². The van der Waals surface area contributed by atoms with Gasteiger partial charge in [0.05, 0.1) is 70.6 Å². The van der Waals surface area contributed by atoms with Gasteiger partial charge in [-0.15, -0.1) is 0 Å². The highest BCUT2D eigenvalue weighted by atomic mass is 16.8. The lowest BCUT2D eigenvalue weighted by Crippen LogP contribution is -2.38. The number of para-hydroxylation sites is 3. The quantitative estimate of drug-likeness (QED) is 0.136. The summed E-state index contributed by atoms with van der Waals surface area (Å²) in [5.41, 5.74) is 0. The molecule has 6 aliphatic heterocycles. The number of carbonyl (C=O) groups excluding carboxylic acids is 6. The van der Waals surface area contributed by atoms with E-state index in [1.807, 2.05) is 49.4 Å². The number of phenols is 1. The summed E-state index contributed by atoms with van der Waals surface area (Å²) in [5.74, 6) is 0.684. The van der Waals surface area contributed by atoms with Crippen LogP contribution in [0.3, 0.4) is 0 Å². The summed E-state index contributed by atoms with van der Waals surface area (Å²) in [6.45, 7) is 6.76. The van der Waals surface area contributed by atoms with E-state index in [4.69, 9.17) is 72.2 Å². The zero-order valence-electron chi connectivity index (χ0n) is 45.0. The third kappa shape index (κ3) is 17.5. The van der Waals surface area contributed by atoms with Crippen LogP contribution in [0.2, 0.25) is 0 Å². The topological polar surface area (TPSA) is 274 Å². The molecule has 21 nitrogen and oxygen atoms in total. The van der Waals surface area contributed by atoms with E-state index in [1.165, 1.54) is 14.0 Å². The Morgan fingerprint density at radius 3 is 1.27 bits per heavy atom. The predicted molar refractivity (Wildman–Crippen MR) is 276 cm³/mol. The van der Waals surface area contributed by atoms with E-state index >= 15 is 0 Å². The lowest BCUT2D eigenvalue weighted by molar-refractivity contribution is -0.161. The second kappa shape index (κ2) is 30.0. The number of aliphatic hydroxyl groups excluding tert-OH is 2. The molecule has 79 heavy (non-hydrogen) atoms. The van der Waals surface area contributed by atoms with E-state index < -0.39 is 48.9 Å². The number of ether oxygens (including phenoxy) is 12. The number of methoxy groups -OCH3 is 1. The van der Waals surface area contributed by atoms with Gasteiger partial charge in [0.1, 0.15) is 65.8 Å². The van der Waals surface area contributed by atoms with Crippen molar-refractivity contribution in [3.8, 4) is 17.2 Å². The fourth-order valence-corrected chi connectivity index (χ4v) is 10.6. The molecule has 0 radical (unpaired) electrons. The molecule has 3 aromatic rings. The van der Waals surface area contributed by atoms with Crippen LogP contribution in [-0.4, -0.2) is 165 Å². The van der Waals surface area contributed by atoms with E-state index in [2.05, 4.69) is 0 Å². The molecule has 12 atom stereocenters. The average Bonchev–Trinajstić information content (AvgIpc) is 4.45. The van der Waals surface area contributed by atoms with Gasteiger partial charge in [-0.2, -0.15) is 0 Å². The Hall–Kier alpha value is -6.04. The zero-order chi connectivity index (χ0) is 56.4. The maximum absolute atomic E-state index is 12.7. The second-order valence-electron chi connectivity index (χ2n) is 20.6. The number of benzene rings is 3. The van der Waals surface area contributed by atoms with Gasteiger partial charge in [0.15, 0.2) is 18.3 Å². The van der Waals surface area contributed by atoms with Crippen LogP contribution in [-0.2, 0) is 71.3 Å². The maximum atomic E-state index is 12.7. The Bertz CT molecular complexity index is 2380. The number of aliphatic hydroxyl groups is 2. The summed E-state index contributed by atoms with van der Waals surface area (Å²) < 4.78 is 64.6. The van der Waals surface area contributed by atoms with Gasteiger partial charge in [-0.1, -0.05) is 61.5 Å². The molecular weight excluding hydrogens is 1030 g/mol. The van der Waals surface area contributed by atoms with Crippen molar-refractivity contribution in [2.45, 2.75) is 139 Å². The zero-order valence-corrected chi connectivity index (χ0v) is 45.0. The number of hydrogen-bond donors (Lipinski definition) is 3. The van der Waals surface area contributed by atoms with Crippen molar-refractivity contribution >= 4 is 35.8 Å². The highest BCUT2D eigenvalue weighted by molar-refractivity contribution is 5.79. The number of hydrogen-bond acceptors (Lipinski definition) is 21. The van der Waals surface area contributed by atoms with Crippen molar-refractivity contribution in [2.75, 3.05) is 46.8 Å². The van der Waals surface area contributed by atoms with Crippen LogP contribution in [0.5, 0.6) is 17.2 Å². The van der Waals surface area contributed by atoms with Crippen molar-refractivity contribution in [3.05, 3.63) is 91.0 Å². The smallest absolute Gasteiger partial charge is 0.508 e. The molecule has 8 fully saturated rings. The van der Waals surface area contributed by atoms with Gasteiger partial charge in [0.2, 0.25) is 0 Å². The van der Waals surface area contributed by atoms with Crippen molar-refractivity contribution in [1.82, 2.24) is 0 Å². The van der Waals surface area contributed by atoms with E-state index in [0.29, 0.717) is 49.5 Å². The van der Waals surface area contributed by atoms with Crippen LogP contribution in [0, 0.1) is 29.6 Å². The Morgan fingerprint density at radius 1 is 0.443 bits per heavy atom. The molecule has 3 N–H and O–H groups in total. The standard InChI is InChI=1S/C23H32O11.C15H18O3.C8H8O2.C6H10O4.C6H6O/c1-11-7-28-18-15(9-29-17(11)18)33-23(26)34-16-10-31-19-14(8-30-20(16)19)32-22(25)13-5-3-12(4-6-13)21(24)27-2;1-11(16)12-7-9-13(10-8-12)15(17)18-14-5-3-2-4-6-14;1-7(9)10-8-5-3-2-4-6-8;7-3-1-9-6-4(8)2-10-5(3)6;7-6-4-2-1-3-5-6/h11-20H,3-10H2,1-2H3;2-6,12-13H,7-10H2,1H3;2-6H,1H3;3-8H,1-2H2;1-5,7H. The van der Waals surface area contributed by atoms with E-state index in [1.54, 1.807) is 55.5 Å². The Labute approximate surface area is 459 Å². The fourth-order valence-electron chi connectivity index (χ4n) is 10.6. The molecule has 11 rings (SSSR count). The van der Waals surface area contributed by atoms with Crippen LogP contribution in [0.4, 0.5) is 4.79 Å². The average molecular weight is 1110 g/mol. The molecule has 2 saturated carbocycles. The molecule has 0 bridgehead atoms. The molecule has 6 heterocycles. The first kappa shape index (κ1) is 60.6. The Kier molecular flexibility index (Phi) is 23.0. The number of aromatic hydroxyl groups is 1. The second-order valence-corrected chi connectivity index (χ2v) is 20.6. The number of esters is 4. The van der Waals surface area contributed by atoms with Gasteiger partial charge in [-0.25, -0.2) is 4.79 Å². The Morgan fingerprint density at radius 2 is 0.823 bits per heavy atom. The molecule has 432 valence electrons. The third-order valence-corrected chi connectivity index (χ3v) is 14.9. The van der Waals surface area contributed by atoms with Crippen molar-refractivity contribution < 1.29 is 101 Å². The van der Waals surface area contributed by atoms with Crippen LogP contribution < -0.4 is 9.47 Å². The predicted octanol–water partition coefficient (Wildman–Crippen LogP) is 5.50. The summed E-state index contributed by atoms with van der Waals surface area (Å²) in [5, 5.41) is 26.9. The number of ketones is 1. The molecule has 0 amide bonds. The lowest BCUT2D eigenvalue weighted by atomic mass is 9.80. The number of Topliss-reactive ketones (excluding diaryl/α,β-unsaturated/α-hetero) is 1. The fraction of sp³-hybridized carbons (Fsp3) is 0.586. The van der Waals surface area contributed by atoms with Gasteiger partial charge < -0.3 is 72.2 Å². The van der Waals surface area contributed by atoms with Gasteiger partial charge in [0.25, 0.3) is 0 Å². The highest BCUT2D eigenvalue weighted by Gasteiger charge is 2.53. The third-order valence-electron chi connectivity index (χ3n) is 14.9. The van der Waals surface area contributed by atoms with E-state index in [0.717, 1.165) is 25.7 Å². The molecule has 0 aromatic heterocycles. The molecule has 6 saturated heterocycles. The molecule has 0 spiro atoms. The maximum Gasteiger partial charge on any atom is 0.509 e. The van der Waals surface area contributed by atoms with Crippen molar-refractivity contribution in [1.29, 1.82) is 0 Å². The van der Waals surface area contributed by atoms with Crippen LogP contribution in [0.1, 0.15) is 72.1 Å². The summed E-state index contributed by atoms with van der Waals surface area (Å²) in [7, 11) is 1.38. The summed E-state index contributed by atoms with van der Waals surface area (Å²) in [6, 6.07) is 26.8. The van der Waals surface area contributed by atoms with Crippen LogP contribution >= 0.6 is 0 Å². The van der Waals surface area contributed by atoms with Gasteiger partial charge in [0, 0.05) is 18.8 Å². The molecule has 8 aliphatic rings. The largest absolute Gasteiger partial charge is 0.509 e. The first-order chi connectivity index (χ1) is 38.1. The Balaban J connectivity index is 0.000000165. The minimum atomic E-state index is -0.821. The van der Waals surface area contributed by atoms with Gasteiger partial charge >= 0.3 is 30.0 Å². The summed E-state index contributed by atoms with van der Waals surface area (Å²) in [6.07, 6.45) is -0.136. The first-order valence-electron chi connectivity index (χ1n) is 27.0. The summed E-state index contributed by atoms with van der Waals surface area (Å²) >= 11 is 0. The lowest BCUT2D eigenvalue weighted by Gasteiger charge is -2.27. The highest BCUT2D eigenvalue weighted by Crippen LogP contribution is 2.36. The van der Waals surface area contributed by atoms with E-state index in [9.17, 15) is 28.8 Å². The molecule has 12 unspecified atom stereocenters. The molecular formula is C58H74O21. The number of carbonyl (C=O) groups is 6. The van der Waals surface area contributed by atoms with E-state index in [-0.39, 0.29) is 117 Å². The molecule has 21 heteroatoms. The van der Waals surface area contributed by atoms with Crippen LogP contribution in [0.15, 0.2) is 91.0 Å².